The average Bonchev–Trinajstić information content (AvgIpc) is 3.37. The topological polar surface area (TPSA) is 71.2 Å². The second-order valence-electron chi connectivity index (χ2n) is 7.79. The van der Waals surface area contributed by atoms with E-state index in [-0.39, 0.29) is 5.91 Å². The van der Waals surface area contributed by atoms with E-state index in [4.69, 9.17) is 4.74 Å². The maximum absolute atomic E-state index is 14.0. The molecule has 0 saturated heterocycles. The fourth-order valence-corrected chi connectivity index (χ4v) is 4.33. The van der Waals surface area contributed by atoms with E-state index in [2.05, 4.69) is 23.2 Å². The number of fused-ring (bicyclic) bond motifs is 1. The van der Waals surface area contributed by atoms with Crippen molar-refractivity contribution in [1.29, 1.82) is 5.26 Å². The second-order valence-corrected chi connectivity index (χ2v) is 7.79. The predicted octanol–water partition coefficient (Wildman–Crippen LogP) is 3.42. The summed E-state index contributed by atoms with van der Waals surface area (Å²) in [5.74, 6) is 0.510. The van der Waals surface area contributed by atoms with Gasteiger partial charge in [0.15, 0.2) is 5.54 Å². The summed E-state index contributed by atoms with van der Waals surface area (Å²) in [6.07, 6.45) is 4.89. The number of amides is 1. The zero-order valence-electron chi connectivity index (χ0n) is 17.4. The molecule has 2 heterocycles. The zero-order chi connectivity index (χ0) is 21.3. The molecule has 0 fully saturated rings. The molecule has 1 atom stereocenters. The number of rotatable bonds is 5. The van der Waals surface area contributed by atoms with Gasteiger partial charge >= 0.3 is 0 Å². The third kappa shape index (κ3) is 3.13. The maximum atomic E-state index is 14.0. The van der Waals surface area contributed by atoms with Gasteiger partial charge in [0.2, 0.25) is 0 Å². The lowest BCUT2D eigenvalue weighted by Crippen LogP contribution is -2.48. The average molecular weight is 400 g/mol. The Morgan fingerprint density at radius 2 is 2.07 bits per heavy atom. The summed E-state index contributed by atoms with van der Waals surface area (Å²) >= 11 is 0. The monoisotopic (exact) mass is 400 g/mol. The highest BCUT2D eigenvalue weighted by Gasteiger charge is 2.49. The molecule has 1 aromatic heterocycles. The van der Waals surface area contributed by atoms with Crippen molar-refractivity contribution in [2.75, 3.05) is 14.2 Å². The van der Waals surface area contributed by atoms with Crippen LogP contribution in [-0.2, 0) is 23.3 Å². The molecule has 1 unspecified atom stereocenters. The minimum Gasteiger partial charge on any atom is -0.496 e. The van der Waals surface area contributed by atoms with Crippen LogP contribution in [0.15, 0.2) is 55.0 Å². The summed E-state index contributed by atoms with van der Waals surface area (Å²) in [6.45, 7) is 2.55. The normalized spacial score (nSPS) is 17.3. The Morgan fingerprint density at radius 1 is 1.30 bits per heavy atom. The number of nitriles is 1. The lowest BCUT2D eigenvalue weighted by Gasteiger charge is -2.35. The molecule has 0 radical (unpaired) electrons. The van der Waals surface area contributed by atoms with Gasteiger partial charge in [-0.05, 0) is 37.5 Å². The van der Waals surface area contributed by atoms with Crippen LogP contribution in [0.5, 0.6) is 5.75 Å². The largest absolute Gasteiger partial charge is 0.496 e. The first-order valence-corrected chi connectivity index (χ1v) is 9.91. The number of hydrogen-bond donors (Lipinski definition) is 0. The van der Waals surface area contributed by atoms with Crippen molar-refractivity contribution in [3.05, 3.63) is 82.9 Å². The van der Waals surface area contributed by atoms with Crippen molar-refractivity contribution < 1.29 is 9.53 Å². The zero-order valence-corrected chi connectivity index (χ0v) is 17.4. The summed E-state index contributed by atoms with van der Waals surface area (Å²) in [7, 11) is 3.40. The summed E-state index contributed by atoms with van der Waals surface area (Å²) in [6, 6.07) is 15.6. The van der Waals surface area contributed by atoms with Crippen molar-refractivity contribution >= 4 is 5.91 Å². The highest BCUT2D eigenvalue weighted by Crippen LogP contribution is 2.44. The number of nitrogens with zero attached hydrogens (tertiary/aromatic N) is 4. The highest BCUT2D eigenvalue weighted by molar-refractivity contribution is 5.89. The number of likely N-dealkylation sites (N-methyl/N-ethyl adjacent to an activating group) is 1. The third-order valence-corrected chi connectivity index (χ3v) is 5.89. The van der Waals surface area contributed by atoms with Crippen LogP contribution < -0.4 is 4.74 Å². The Hall–Kier alpha value is -3.59. The van der Waals surface area contributed by atoms with Gasteiger partial charge in [0.1, 0.15) is 5.75 Å². The SMILES string of the molecule is COc1cc(C#N)ccc1C1(C(=O)N(C)Cc2ccc(C)cc2)CCc2cncn21. The maximum Gasteiger partial charge on any atom is 0.253 e. The Morgan fingerprint density at radius 3 is 2.77 bits per heavy atom. The number of methoxy groups -OCH3 is 1. The third-order valence-electron chi connectivity index (χ3n) is 5.89. The van der Waals surface area contributed by atoms with E-state index in [0.29, 0.717) is 24.3 Å². The van der Waals surface area contributed by atoms with Gasteiger partial charge in [0.05, 0.1) is 25.1 Å². The van der Waals surface area contributed by atoms with Crippen LogP contribution >= 0.6 is 0 Å². The van der Waals surface area contributed by atoms with E-state index in [9.17, 15) is 10.1 Å². The molecule has 6 heteroatoms. The number of aryl methyl sites for hydroxylation is 2. The number of hydrogen-bond acceptors (Lipinski definition) is 4. The predicted molar refractivity (Wildman–Crippen MR) is 113 cm³/mol. The number of aromatic nitrogens is 2. The summed E-state index contributed by atoms with van der Waals surface area (Å²) < 4.78 is 7.59. The van der Waals surface area contributed by atoms with E-state index in [1.165, 1.54) is 5.56 Å². The first kappa shape index (κ1) is 19.7. The molecule has 2 aromatic carbocycles. The minimum absolute atomic E-state index is 0.0252. The molecule has 4 rings (SSSR count). The standard InChI is InChI=1S/C24H24N4O2/c1-17-4-6-18(7-5-17)15-27(2)23(29)24(11-10-20-14-26-16-28(20)24)21-9-8-19(13-25)12-22(21)30-3/h4-9,12,14,16H,10-11,15H2,1-3H3. The molecular weight excluding hydrogens is 376 g/mol. The Bertz CT molecular complexity index is 1130. The van der Waals surface area contributed by atoms with E-state index >= 15 is 0 Å². The summed E-state index contributed by atoms with van der Waals surface area (Å²) in [4.78, 5) is 20.0. The van der Waals surface area contributed by atoms with Crippen LogP contribution in [0.25, 0.3) is 0 Å². The van der Waals surface area contributed by atoms with E-state index in [1.54, 1.807) is 30.5 Å². The van der Waals surface area contributed by atoms with Gasteiger partial charge < -0.3 is 14.2 Å². The second kappa shape index (κ2) is 7.68. The molecule has 152 valence electrons. The molecule has 0 spiro atoms. The molecule has 1 aliphatic rings. The van der Waals surface area contributed by atoms with E-state index in [1.807, 2.05) is 42.9 Å². The first-order chi connectivity index (χ1) is 14.5. The van der Waals surface area contributed by atoms with Gasteiger partial charge in [-0.25, -0.2) is 4.98 Å². The Kier molecular flexibility index (Phi) is 5.04. The lowest BCUT2D eigenvalue weighted by atomic mass is 9.84. The fraction of sp³-hybridized carbons (Fsp3) is 0.292. The number of benzene rings is 2. The van der Waals surface area contributed by atoms with Gasteiger partial charge in [-0.15, -0.1) is 0 Å². The van der Waals surface area contributed by atoms with Crippen molar-refractivity contribution in [2.45, 2.75) is 31.8 Å². The molecule has 0 N–H and O–H groups in total. The van der Waals surface area contributed by atoms with Crippen LogP contribution in [-0.4, -0.2) is 34.5 Å². The van der Waals surface area contributed by atoms with Gasteiger partial charge in [0.25, 0.3) is 5.91 Å². The molecule has 3 aromatic rings. The molecule has 0 aliphatic carbocycles. The van der Waals surface area contributed by atoms with Gasteiger partial charge in [-0.2, -0.15) is 5.26 Å². The Labute approximate surface area is 176 Å². The lowest BCUT2D eigenvalue weighted by molar-refractivity contribution is -0.137. The molecule has 6 nitrogen and oxygen atoms in total. The molecule has 1 amide bonds. The van der Waals surface area contributed by atoms with Crippen molar-refractivity contribution in [1.82, 2.24) is 14.5 Å². The number of carbonyl (C=O) groups is 1. The summed E-state index contributed by atoms with van der Waals surface area (Å²) in [5.41, 5.74) is 3.56. The van der Waals surface area contributed by atoms with E-state index < -0.39 is 5.54 Å². The number of ether oxygens (including phenoxy) is 1. The Balaban J connectivity index is 1.79. The fourth-order valence-electron chi connectivity index (χ4n) is 4.33. The quantitative estimate of drug-likeness (QED) is 0.658. The van der Waals surface area contributed by atoms with Crippen molar-refractivity contribution in [3.63, 3.8) is 0 Å². The van der Waals surface area contributed by atoms with Gasteiger partial charge in [0, 0.05) is 31.0 Å². The van der Waals surface area contributed by atoms with E-state index in [0.717, 1.165) is 23.2 Å². The number of imidazole rings is 1. The minimum atomic E-state index is -0.954. The molecule has 1 aliphatic heterocycles. The van der Waals surface area contributed by atoms with Crippen LogP contribution in [0, 0.1) is 18.3 Å². The van der Waals surface area contributed by atoms with Crippen molar-refractivity contribution in [3.8, 4) is 11.8 Å². The van der Waals surface area contributed by atoms with Crippen molar-refractivity contribution in [2.24, 2.45) is 0 Å². The van der Waals surface area contributed by atoms with Crippen LogP contribution in [0.2, 0.25) is 0 Å². The highest BCUT2D eigenvalue weighted by atomic mass is 16.5. The van der Waals surface area contributed by atoms with Crippen LogP contribution in [0.4, 0.5) is 0 Å². The van der Waals surface area contributed by atoms with Gasteiger partial charge in [-0.3, -0.25) is 4.79 Å². The molecule has 0 bridgehead atoms. The van der Waals surface area contributed by atoms with Crippen LogP contribution in [0.3, 0.4) is 0 Å². The first-order valence-electron chi connectivity index (χ1n) is 9.91. The summed E-state index contributed by atoms with van der Waals surface area (Å²) in [5, 5.41) is 9.29. The molecular formula is C24H24N4O2. The van der Waals surface area contributed by atoms with Crippen LogP contribution in [0.1, 0.15) is 34.4 Å². The molecule has 0 saturated carbocycles. The number of carbonyl (C=O) groups excluding carboxylic acids is 1. The smallest absolute Gasteiger partial charge is 0.253 e. The van der Waals surface area contributed by atoms with Gasteiger partial charge in [-0.1, -0.05) is 35.9 Å². The molecule has 30 heavy (non-hydrogen) atoms.